The number of nitrogens with two attached hydrogens (primary N) is 1. The molecule has 0 atom stereocenters. The van der Waals surface area contributed by atoms with Crippen LogP contribution in [0.5, 0.6) is 11.5 Å². The van der Waals surface area contributed by atoms with Crippen molar-refractivity contribution in [2.45, 2.75) is 6.92 Å². The van der Waals surface area contributed by atoms with Crippen LogP contribution in [0.15, 0.2) is 10.5 Å². The summed E-state index contributed by atoms with van der Waals surface area (Å²) >= 11 is 3.33. The van der Waals surface area contributed by atoms with Crippen LogP contribution < -0.4 is 15.2 Å². The molecular weight excluding hydrogens is 262 g/mol. The van der Waals surface area contributed by atoms with Crippen molar-refractivity contribution in [3.8, 4) is 11.5 Å². The minimum absolute atomic E-state index is 0.00702. The molecule has 4 nitrogen and oxygen atoms in total. The van der Waals surface area contributed by atoms with Crippen LogP contribution in [0.4, 0.5) is 0 Å². The lowest BCUT2D eigenvalue weighted by Crippen LogP contribution is -2.15. The number of hydrogen-bond acceptors (Lipinski definition) is 4. The SMILES string of the molecule is Cc1c(C(=O)CN)cc(Br)c2c1OCO2. The molecule has 0 radical (unpaired) electrons. The van der Waals surface area contributed by atoms with Gasteiger partial charge in [0.25, 0.3) is 0 Å². The summed E-state index contributed by atoms with van der Waals surface area (Å²) in [6, 6.07) is 1.72. The van der Waals surface area contributed by atoms with Crippen molar-refractivity contribution in [3.63, 3.8) is 0 Å². The molecule has 1 aliphatic heterocycles. The minimum Gasteiger partial charge on any atom is -0.453 e. The summed E-state index contributed by atoms with van der Waals surface area (Å²) in [5.74, 6) is 1.17. The Labute approximate surface area is 95.5 Å². The molecule has 80 valence electrons. The molecule has 0 aromatic heterocycles. The third-order valence-corrected chi connectivity index (χ3v) is 2.92. The Morgan fingerprint density at radius 3 is 2.87 bits per heavy atom. The second-order valence-corrected chi connectivity index (χ2v) is 4.08. The number of Topliss-reactive ketones (excluding diaryl/α,β-unsaturated/α-hetero) is 1. The molecule has 15 heavy (non-hydrogen) atoms. The summed E-state index contributed by atoms with van der Waals surface area (Å²) in [4.78, 5) is 11.5. The van der Waals surface area contributed by atoms with Gasteiger partial charge in [-0.25, -0.2) is 0 Å². The first kappa shape index (κ1) is 10.4. The van der Waals surface area contributed by atoms with Crippen molar-refractivity contribution in [1.82, 2.24) is 0 Å². The molecule has 5 heteroatoms. The van der Waals surface area contributed by atoms with Crippen LogP contribution in [0.2, 0.25) is 0 Å². The Hall–Kier alpha value is -1.07. The van der Waals surface area contributed by atoms with E-state index in [4.69, 9.17) is 15.2 Å². The van der Waals surface area contributed by atoms with E-state index in [9.17, 15) is 4.79 Å². The van der Waals surface area contributed by atoms with Crippen LogP contribution in [-0.4, -0.2) is 19.1 Å². The number of hydrogen-bond donors (Lipinski definition) is 1. The Morgan fingerprint density at radius 1 is 1.53 bits per heavy atom. The van der Waals surface area contributed by atoms with Crippen LogP contribution in [0.25, 0.3) is 0 Å². The third kappa shape index (κ3) is 1.61. The molecule has 0 spiro atoms. The molecule has 0 saturated carbocycles. The van der Waals surface area contributed by atoms with Crippen molar-refractivity contribution < 1.29 is 14.3 Å². The second kappa shape index (κ2) is 3.83. The largest absolute Gasteiger partial charge is 0.453 e. The number of fused-ring (bicyclic) bond motifs is 1. The summed E-state index contributed by atoms with van der Waals surface area (Å²) in [5.41, 5.74) is 6.69. The van der Waals surface area contributed by atoms with Gasteiger partial charge in [0.1, 0.15) is 0 Å². The van der Waals surface area contributed by atoms with Crippen LogP contribution >= 0.6 is 15.9 Å². The molecule has 1 aromatic carbocycles. The maximum Gasteiger partial charge on any atom is 0.231 e. The third-order valence-electron chi connectivity index (χ3n) is 2.33. The van der Waals surface area contributed by atoms with E-state index >= 15 is 0 Å². The van der Waals surface area contributed by atoms with Crippen molar-refractivity contribution in [3.05, 3.63) is 21.7 Å². The number of rotatable bonds is 2. The van der Waals surface area contributed by atoms with Crippen molar-refractivity contribution >= 4 is 21.7 Å². The van der Waals surface area contributed by atoms with Gasteiger partial charge < -0.3 is 15.2 Å². The number of benzene rings is 1. The molecule has 0 fully saturated rings. The standard InChI is InChI=1S/C10H10BrNO3/c1-5-6(8(13)3-12)2-7(11)10-9(5)14-4-15-10/h2H,3-4,12H2,1H3. The topological polar surface area (TPSA) is 61.6 Å². The maximum atomic E-state index is 11.5. The summed E-state index contributed by atoms with van der Waals surface area (Å²) in [6.45, 7) is 2.00. The van der Waals surface area contributed by atoms with Gasteiger partial charge in [-0.1, -0.05) is 0 Å². The van der Waals surface area contributed by atoms with Crippen molar-refractivity contribution in [1.29, 1.82) is 0 Å². The Bertz CT molecular complexity index is 431. The van der Waals surface area contributed by atoms with Gasteiger partial charge >= 0.3 is 0 Å². The van der Waals surface area contributed by atoms with Gasteiger partial charge in [0.15, 0.2) is 17.3 Å². The zero-order chi connectivity index (χ0) is 11.0. The number of halogens is 1. The van der Waals surface area contributed by atoms with E-state index in [1.807, 2.05) is 6.92 Å². The second-order valence-electron chi connectivity index (χ2n) is 3.22. The van der Waals surface area contributed by atoms with Crippen LogP contribution in [0, 0.1) is 6.92 Å². The Balaban J connectivity index is 2.59. The van der Waals surface area contributed by atoms with E-state index in [2.05, 4.69) is 15.9 Å². The average Bonchev–Trinajstić information content (AvgIpc) is 2.71. The summed E-state index contributed by atoms with van der Waals surface area (Å²) in [7, 11) is 0. The number of carbonyl (C=O) groups excluding carboxylic acids is 1. The molecule has 0 saturated heterocycles. The van der Waals surface area contributed by atoms with E-state index in [-0.39, 0.29) is 19.1 Å². The van der Waals surface area contributed by atoms with E-state index in [0.717, 1.165) is 10.0 Å². The normalized spacial score (nSPS) is 13.0. The van der Waals surface area contributed by atoms with E-state index < -0.39 is 0 Å². The first-order valence-electron chi connectivity index (χ1n) is 4.47. The fourth-order valence-electron chi connectivity index (χ4n) is 1.56. The molecule has 0 amide bonds. The summed E-state index contributed by atoms with van der Waals surface area (Å²) in [5, 5.41) is 0. The number of ether oxygens (including phenoxy) is 2. The highest BCUT2D eigenvalue weighted by atomic mass is 79.9. The van der Waals surface area contributed by atoms with E-state index in [0.29, 0.717) is 17.1 Å². The van der Waals surface area contributed by atoms with Gasteiger partial charge in [-0.2, -0.15) is 0 Å². The van der Waals surface area contributed by atoms with Gasteiger partial charge in [-0.3, -0.25) is 4.79 Å². The zero-order valence-electron chi connectivity index (χ0n) is 8.17. The molecule has 2 rings (SSSR count). The lowest BCUT2D eigenvalue weighted by atomic mass is 10.0. The van der Waals surface area contributed by atoms with Crippen LogP contribution in [0.1, 0.15) is 15.9 Å². The first-order chi connectivity index (χ1) is 7.15. The fourth-order valence-corrected chi connectivity index (χ4v) is 2.08. The fraction of sp³-hybridized carbons (Fsp3) is 0.300. The summed E-state index contributed by atoms with van der Waals surface area (Å²) in [6.07, 6.45) is 0. The molecule has 1 heterocycles. The van der Waals surface area contributed by atoms with E-state index in [1.54, 1.807) is 6.07 Å². The molecule has 0 aliphatic carbocycles. The van der Waals surface area contributed by atoms with Crippen molar-refractivity contribution in [2.75, 3.05) is 13.3 Å². The summed E-state index contributed by atoms with van der Waals surface area (Å²) < 4.78 is 11.3. The van der Waals surface area contributed by atoms with Gasteiger partial charge in [0.05, 0.1) is 11.0 Å². The van der Waals surface area contributed by atoms with Crippen molar-refractivity contribution in [2.24, 2.45) is 5.73 Å². The minimum atomic E-state index is -0.105. The lowest BCUT2D eigenvalue weighted by molar-refractivity contribution is 0.1000. The first-order valence-corrected chi connectivity index (χ1v) is 5.26. The smallest absolute Gasteiger partial charge is 0.231 e. The monoisotopic (exact) mass is 271 g/mol. The highest BCUT2D eigenvalue weighted by molar-refractivity contribution is 9.10. The Morgan fingerprint density at radius 2 is 2.20 bits per heavy atom. The Kier molecular flexibility index (Phi) is 2.67. The quantitative estimate of drug-likeness (QED) is 0.831. The van der Waals surface area contributed by atoms with Gasteiger partial charge in [-0.15, -0.1) is 0 Å². The van der Waals surface area contributed by atoms with Crippen LogP contribution in [-0.2, 0) is 0 Å². The van der Waals surface area contributed by atoms with Gasteiger partial charge in [0, 0.05) is 11.1 Å². The average molecular weight is 272 g/mol. The van der Waals surface area contributed by atoms with E-state index in [1.165, 1.54) is 0 Å². The molecule has 1 aliphatic rings. The molecular formula is C10H10BrNO3. The maximum absolute atomic E-state index is 11.5. The predicted octanol–water partition coefficient (Wildman–Crippen LogP) is 1.63. The van der Waals surface area contributed by atoms with Gasteiger partial charge in [0.2, 0.25) is 6.79 Å². The highest BCUT2D eigenvalue weighted by Gasteiger charge is 2.23. The number of ketones is 1. The predicted molar refractivity (Wildman–Crippen MR) is 58.4 cm³/mol. The molecule has 0 bridgehead atoms. The lowest BCUT2D eigenvalue weighted by Gasteiger charge is -2.08. The highest BCUT2D eigenvalue weighted by Crippen LogP contribution is 2.43. The van der Waals surface area contributed by atoms with Gasteiger partial charge in [-0.05, 0) is 28.9 Å². The molecule has 0 unspecified atom stereocenters. The molecule has 2 N–H and O–H groups in total. The molecule has 1 aromatic rings. The van der Waals surface area contributed by atoms with Crippen LogP contribution in [0.3, 0.4) is 0 Å². The zero-order valence-corrected chi connectivity index (χ0v) is 9.76. The number of carbonyl (C=O) groups is 1.